The van der Waals surface area contributed by atoms with Gasteiger partial charge in [0.2, 0.25) is 0 Å². The summed E-state index contributed by atoms with van der Waals surface area (Å²) in [5.74, 6) is -0.376. The van der Waals surface area contributed by atoms with Gasteiger partial charge in [-0.25, -0.2) is 0 Å². The maximum Gasteiger partial charge on any atom is 0.271 e. The Balaban J connectivity index is 2.50. The number of hydrogen-bond acceptors (Lipinski definition) is 3. The fourth-order valence-corrected chi connectivity index (χ4v) is 2.42. The lowest BCUT2D eigenvalue weighted by Gasteiger charge is -2.15. The molecule has 0 aliphatic carbocycles. The highest BCUT2D eigenvalue weighted by atomic mass is 35.5. The summed E-state index contributed by atoms with van der Waals surface area (Å²) in [5, 5.41) is 7.43. The van der Waals surface area contributed by atoms with Crippen molar-refractivity contribution >= 4 is 23.3 Å². The summed E-state index contributed by atoms with van der Waals surface area (Å²) >= 11 is 6.02. The SMILES string of the molecule is CCC(=O)c1cc(C(=O)NC)nn1[C@@H](C)c1cccc(Cl)c1. The van der Waals surface area contributed by atoms with Crippen LogP contribution in [-0.4, -0.2) is 28.5 Å². The molecule has 1 aromatic carbocycles. The Morgan fingerprint density at radius 3 is 2.68 bits per heavy atom. The lowest BCUT2D eigenvalue weighted by molar-refractivity contribution is 0.0954. The third-order valence-corrected chi connectivity index (χ3v) is 3.74. The van der Waals surface area contributed by atoms with Crippen molar-refractivity contribution in [1.82, 2.24) is 15.1 Å². The summed E-state index contributed by atoms with van der Waals surface area (Å²) in [6.45, 7) is 3.70. The first-order valence-corrected chi connectivity index (χ1v) is 7.46. The second kappa shape index (κ2) is 6.75. The number of rotatable bonds is 5. The Morgan fingerprint density at radius 2 is 2.09 bits per heavy atom. The minimum atomic E-state index is -0.317. The van der Waals surface area contributed by atoms with Gasteiger partial charge >= 0.3 is 0 Å². The quantitative estimate of drug-likeness (QED) is 0.861. The zero-order valence-electron chi connectivity index (χ0n) is 12.8. The Morgan fingerprint density at radius 1 is 1.36 bits per heavy atom. The van der Waals surface area contributed by atoms with E-state index in [2.05, 4.69) is 10.4 Å². The van der Waals surface area contributed by atoms with E-state index in [0.29, 0.717) is 17.1 Å². The number of hydrogen-bond donors (Lipinski definition) is 1. The van der Waals surface area contributed by atoms with Gasteiger partial charge < -0.3 is 5.32 Å². The van der Waals surface area contributed by atoms with Crippen molar-refractivity contribution in [3.63, 3.8) is 0 Å². The smallest absolute Gasteiger partial charge is 0.271 e. The Kier molecular flexibility index (Phi) is 4.98. The summed E-state index contributed by atoms with van der Waals surface area (Å²) in [6.07, 6.45) is 0.348. The Hall–Kier alpha value is -2.14. The van der Waals surface area contributed by atoms with Gasteiger partial charge in [-0.1, -0.05) is 30.7 Å². The molecule has 2 rings (SSSR count). The molecule has 1 N–H and O–H groups in total. The van der Waals surface area contributed by atoms with Crippen LogP contribution in [0.5, 0.6) is 0 Å². The van der Waals surface area contributed by atoms with Crippen molar-refractivity contribution in [3.05, 3.63) is 52.3 Å². The summed E-state index contributed by atoms with van der Waals surface area (Å²) < 4.78 is 1.59. The molecule has 0 fully saturated rings. The van der Waals surface area contributed by atoms with E-state index in [4.69, 9.17) is 11.6 Å². The minimum absolute atomic E-state index is 0.0588. The van der Waals surface area contributed by atoms with Crippen molar-refractivity contribution in [2.45, 2.75) is 26.3 Å². The monoisotopic (exact) mass is 319 g/mol. The Bertz CT molecular complexity index is 709. The number of benzene rings is 1. The highest BCUT2D eigenvalue weighted by Crippen LogP contribution is 2.23. The van der Waals surface area contributed by atoms with Gasteiger partial charge in [-0.15, -0.1) is 0 Å². The molecule has 116 valence electrons. The molecule has 1 heterocycles. The van der Waals surface area contributed by atoms with E-state index in [9.17, 15) is 9.59 Å². The third kappa shape index (κ3) is 3.20. The lowest BCUT2D eigenvalue weighted by atomic mass is 10.1. The predicted octanol–water partition coefficient (Wildman–Crippen LogP) is 3.10. The van der Waals surface area contributed by atoms with E-state index >= 15 is 0 Å². The van der Waals surface area contributed by atoms with Gasteiger partial charge in [0, 0.05) is 24.6 Å². The number of halogens is 1. The number of ketones is 1. The van der Waals surface area contributed by atoms with E-state index in [1.807, 2.05) is 25.1 Å². The van der Waals surface area contributed by atoms with Crippen LogP contribution in [0.15, 0.2) is 30.3 Å². The van der Waals surface area contributed by atoms with Crippen LogP contribution in [0.2, 0.25) is 5.02 Å². The summed E-state index contributed by atoms with van der Waals surface area (Å²) in [4.78, 5) is 23.9. The molecule has 5 nitrogen and oxygen atoms in total. The molecule has 0 bridgehead atoms. The van der Waals surface area contributed by atoms with E-state index in [1.54, 1.807) is 17.7 Å². The first-order valence-electron chi connectivity index (χ1n) is 7.08. The maximum atomic E-state index is 12.1. The predicted molar refractivity (Wildman–Crippen MR) is 85.5 cm³/mol. The molecule has 0 saturated carbocycles. The van der Waals surface area contributed by atoms with Crippen LogP contribution in [0, 0.1) is 0 Å². The number of nitrogens with one attached hydrogen (secondary N) is 1. The number of nitrogens with zero attached hydrogens (tertiary/aromatic N) is 2. The number of aromatic nitrogens is 2. The molecular weight excluding hydrogens is 302 g/mol. The molecule has 0 unspecified atom stereocenters. The number of carbonyl (C=O) groups excluding carboxylic acids is 2. The zero-order chi connectivity index (χ0) is 16.3. The van der Waals surface area contributed by atoms with Crippen LogP contribution in [-0.2, 0) is 0 Å². The van der Waals surface area contributed by atoms with Crippen LogP contribution in [0.1, 0.15) is 52.9 Å². The molecule has 22 heavy (non-hydrogen) atoms. The van der Waals surface area contributed by atoms with Crippen molar-refractivity contribution in [2.75, 3.05) is 7.05 Å². The number of carbonyl (C=O) groups is 2. The zero-order valence-corrected chi connectivity index (χ0v) is 13.5. The minimum Gasteiger partial charge on any atom is -0.354 e. The average Bonchev–Trinajstić information content (AvgIpc) is 2.97. The molecule has 1 amide bonds. The van der Waals surface area contributed by atoms with E-state index < -0.39 is 0 Å². The van der Waals surface area contributed by atoms with E-state index in [0.717, 1.165) is 5.56 Å². The first kappa shape index (κ1) is 16.2. The van der Waals surface area contributed by atoms with Gasteiger partial charge in [-0.05, 0) is 24.6 Å². The topological polar surface area (TPSA) is 64.0 Å². The normalized spacial score (nSPS) is 12.0. The second-order valence-electron chi connectivity index (χ2n) is 4.95. The molecular formula is C16H18ClN3O2. The van der Waals surface area contributed by atoms with Crippen molar-refractivity contribution in [1.29, 1.82) is 0 Å². The molecule has 0 aliphatic heterocycles. The summed E-state index contributed by atoms with van der Waals surface area (Å²) in [6, 6.07) is 8.70. The molecule has 0 saturated heterocycles. The second-order valence-corrected chi connectivity index (χ2v) is 5.38. The largest absolute Gasteiger partial charge is 0.354 e. The molecule has 0 aliphatic rings. The fourth-order valence-electron chi connectivity index (χ4n) is 2.23. The summed E-state index contributed by atoms with van der Waals surface area (Å²) in [7, 11) is 1.53. The molecule has 0 radical (unpaired) electrons. The van der Waals surface area contributed by atoms with E-state index in [1.165, 1.54) is 13.1 Å². The molecule has 0 spiro atoms. The van der Waals surface area contributed by atoms with E-state index in [-0.39, 0.29) is 23.4 Å². The van der Waals surface area contributed by atoms with Crippen LogP contribution in [0.3, 0.4) is 0 Å². The van der Waals surface area contributed by atoms with Crippen molar-refractivity contribution < 1.29 is 9.59 Å². The van der Waals surface area contributed by atoms with Gasteiger partial charge in [0.15, 0.2) is 11.5 Å². The van der Waals surface area contributed by atoms with Gasteiger partial charge in [0.05, 0.1) is 6.04 Å². The third-order valence-electron chi connectivity index (χ3n) is 3.50. The Labute approximate surface area is 134 Å². The lowest BCUT2D eigenvalue weighted by Crippen LogP contribution is -2.19. The van der Waals surface area contributed by atoms with Gasteiger partial charge in [-0.2, -0.15) is 5.10 Å². The molecule has 1 aromatic heterocycles. The van der Waals surface area contributed by atoms with Crippen molar-refractivity contribution in [3.8, 4) is 0 Å². The molecule has 1 atom stereocenters. The van der Waals surface area contributed by atoms with Crippen molar-refractivity contribution in [2.24, 2.45) is 0 Å². The van der Waals surface area contributed by atoms with Crippen LogP contribution < -0.4 is 5.32 Å². The highest BCUT2D eigenvalue weighted by Gasteiger charge is 2.21. The highest BCUT2D eigenvalue weighted by molar-refractivity contribution is 6.30. The first-order chi connectivity index (χ1) is 10.5. The van der Waals surface area contributed by atoms with Gasteiger partial charge in [0.1, 0.15) is 5.69 Å². The van der Waals surface area contributed by atoms with Crippen LogP contribution in [0.25, 0.3) is 0 Å². The van der Waals surface area contributed by atoms with Gasteiger partial charge in [-0.3, -0.25) is 14.3 Å². The number of amides is 1. The average molecular weight is 320 g/mol. The number of Topliss-reactive ketones (excluding diaryl/α,β-unsaturated/α-hetero) is 1. The maximum absolute atomic E-state index is 12.1. The standard InChI is InChI=1S/C16H18ClN3O2/c1-4-15(21)14-9-13(16(22)18-3)19-20(14)10(2)11-6-5-7-12(17)8-11/h5-10H,4H2,1-3H3,(H,18,22)/t10-/m0/s1. The molecule has 6 heteroatoms. The summed E-state index contributed by atoms with van der Waals surface area (Å²) in [5.41, 5.74) is 1.57. The molecule has 2 aromatic rings. The van der Waals surface area contributed by atoms with Crippen LogP contribution in [0.4, 0.5) is 0 Å². The van der Waals surface area contributed by atoms with Crippen LogP contribution >= 0.6 is 11.6 Å². The fraction of sp³-hybridized carbons (Fsp3) is 0.312. The van der Waals surface area contributed by atoms with Gasteiger partial charge in [0.25, 0.3) is 5.91 Å².